The predicted molar refractivity (Wildman–Crippen MR) is 106 cm³/mol. The van der Waals surface area contributed by atoms with E-state index in [4.69, 9.17) is 9.72 Å². The van der Waals surface area contributed by atoms with E-state index >= 15 is 0 Å². The molecule has 146 valence electrons. The molecular formula is C21H30N4O2. The number of carbonyl (C=O) groups excluding carboxylic acids is 1. The molecule has 27 heavy (non-hydrogen) atoms. The van der Waals surface area contributed by atoms with Gasteiger partial charge in [-0.05, 0) is 37.8 Å². The van der Waals surface area contributed by atoms with E-state index in [9.17, 15) is 4.79 Å². The summed E-state index contributed by atoms with van der Waals surface area (Å²) in [4.78, 5) is 22.2. The summed E-state index contributed by atoms with van der Waals surface area (Å²) in [7, 11) is 4.06. The number of ether oxygens (including phenoxy) is 1. The van der Waals surface area contributed by atoms with Gasteiger partial charge in [-0.3, -0.25) is 4.79 Å². The van der Waals surface area contributed by atoms with Gasteiger partial charge in [0.25, 0.3) is 0 Å². The number of hydrogen-bond donors (Lipinski definition) is 0. The highest BCUT2D eigenvalue weighted by Gasteiger charge is 2.38. The minimum absolute atomic E-state index is 0.123. The number of rotatable bonds is 3. The lowest BCUT2D eigenvalue weighted by Crippen LogP contribution is -2.50. The molecule has 1 unspecified atom stereocenters. The van der Waals surface area contributed by atoms with Crippen molar-refractivity contribution >= 4 is 17.2 Å². The Balaban J connectivity index is 1.62. The molecule has 2 aliphatic rings. The highest BCUT2D eigenvalue weighted by Crippen LogP contribution is 2.35. The third kappa shape index (κ3) is 3.43. The van der Waals surface area contributed by atoms with Crippen molar-refractivity contribution in [3.8, 4) is 0 Å². The lowest BCUT2D eigenvalue weighted by Gasteiger charge is -2.42. The van der Waals surface area contributed by atoms with Crippen molar-refractivity contribution in [1.29, 1.82) is 0 Å². The summed E-state index contributed by atoms with van der Waals surface area (Å²) < 4.78 is 7.58. The Morgan fingerprint density at radius 2 is 2.11 bits per heavy atom. The molecule has 1 amide bonds. The van der Waals surface area contributed by atoms with E-state index in [2.05, 4.69) is 45.7 Å². The molecule has 0 aliphatic carbocycles. The maximum atomic E-state index is 13.1. The highest BCUT2D eigenvalue weighted by atomic mass is 16.5. The number of fused-ring (bicyclic) bond motifs is 1. The van der Waals surface area contributed by atoms with Crippen LogP contribution in [0, 0.1) is 5.92 Å². The number of anilines is 1. The molecule has 2 aromatic rings. The zero-order chi connectivity index (χ0) is 19.0. The number of amides is 1. The number of carbonyl (C=O) groups is 1. The molecule has 0 N–H and O–H groups in total. The number of aromatic nitrogens is 2. The topological polar surface area (TPSA) is 50.1 Å². The molecule has 2 aromatic heterocycles. The van der Waals surface area contributed by atoms with Gasteiger partial charge in [-0.1, -0.05) is 6.92 Å². The van der Waals surface area contributed by atoms with Crippen molar-refractivity contribution in [2.24, 2.45) is 5.92 Å². The zero-order valence-corrected chi connectivity index (χ0v) is 16.6. The first kappa shape index (κ1) is 18.3. The summed E-state index contributed by atoms with van der Waals surface area (Å²) in [6.07, 6.45) is 8.00. The molecule has 2 saturated heterocycles. The standard InChI is InChI=1S/C21H30N4O2/c1-21(18-14-24-10-4-6-17(24)19(22-18)23(2)3)9-5-11-25(15-21)20(26)16-7-12-27-13-8-16/h4,6,10,14,16H,5,7-9,11-13,15H2,1-3H3. The highest BCUT2D eigenvalue weighted by molar-refractivity contribution is 5.79. The zero-order valence-electron chi connectivity index (χ0n) is 16.6. The third-order valence-electron chi connectivity index (χ3n) is 6.12. The van der Waals surface area contributed by atoms with Gasteiger partial charge >= 0.3 is 0 Å². The van der Waals surface area contributed by atoms with Gasteiger partial charge < -0.3 is 18.9 Å². The summed E-state index contributed by atoms with van der Waals surface area (Å²) in [5, 5.41) is 0. The van der Waals surface area contributed by atoms with E-state index in [0.29, 0.717) is 19.1 Å². The van der Waals surface area contributed by atoms with Crippen LogP contribution in [0.4, 0.5) is 5.82 Å². The first-order chi connectivity index (χ1) is 13.0. The molecule has 4 heterocycles. The maximum absolute atomic E-state index is 13.1. The largest absolute Gasteiger partial charge is 0.381 e. The molecule has 2 aliphatic heterocycles. The van der Waals surface area contributed by atoms with Crippen molar-refractivity contribution in [3.05, 3.63) is 30.2 Å². The van der Waals surface area contributed by atoms with E-state index in [1.54, 1.807) is 0 Å². The average molecular weight is 370 g/mol. The summed E-state index contributed by atoms with van der Waals surface area (Å²) >= 11 is 0. The molecule has 0 spiro atoms. The van der Waals surface area contributed by atoms with Crippen LogP contribution in [0.3, 0.4) is 0 Å². The maximum Gasteiger partial charge on any atom is 0.225 e. The molecule has 0 saturated carbocycles. The van der Waals surface area contributed by atoms with E-state index in [0.717, 1.165) is 55.8 Å². The normalized spacial score (nSPS) is 24.3. The fourth-order valence-corrected chi connectivity index (χ4v) is 4.49. The van der Waals surface area contributed by atoms with Gasteiger partial charge in [0.2, 0.25) is 5.91 Å². The summed E-state index contributed by atoms with van der Waals surface area (Å²) in [6, 6.07) is 4.15. The smallest absolute Gasteiger partial charge is 0.225 e. The van der Waals surface area contributed by atoms with Gasteiger partial charge in [0.1, 0.15) is 0 Å². The second-order valence-electron chi connectivity index (χ2n) is 8.46. The van der Waals surface area contributed by atoms with E-state index in [-0.39, 0.29) is 11.3 Å². The Hall–Kier alpha value is -2.08. The second kappa shape index (κ2) is 7.15. The summed E-state index contributed by atoms with van der Waals surface area (Å²) in [6.45, 7) is 5.28. The average Bonchev–Trinajstić information content (AvgIpc) is 3.16. The molecule has 0 aromatic carbocycles. The van der Waals surface area contributed by atoms with Crippen LogP contribution in [-0.2, 0) is 14.9 Å². The number of piperidine rings is 1. The molecule has 1 atom stereocenters. The van der Waals surface area contributed by atoms with E-state index in [1.165, 1.54) is 0 Å². The monoisotopic (exact) mass is 370 g/mol. The Morgan fingerprint density at radius 3 is 2.85 bits per heavy atom. The molecule has 6 heteroatoms. The van der Waals surface area contributed by atoms with Gasteiger partial charge in [0.15, 0.2) is 5.82 Å². The lowest BCUT2D eigenvalue weighted by molar-refractivity contribution is -0.140. The van der Waals surface area contributed by atoms with Crippen LogP contribution < -0.4 is 4.90 Å². The van der Waals surface area contributed by atoms with Crippen LogP contribution in [0.1, 0.15) is 38.3 Å². The van der Waals surface area contributed by atoms with Crippen LogP contribution >= 0.6 is 0 Å². The second-order valence-corrected chi connectivity index (χ2v) is 8.46. The van der Waals surface area contributed by atoms with Gasteiger partial charge in [-0.25, -0.2) is 4.98 Å². The van der Waals surface area contributed by atoms with Crippen LogP contribution in [-0.4, -0.2) is 60.6 Å². The molecular weight excluding hydrogens is 340 g/mol. The van der Waals surface area contributed by atoms with Gasteiger partial charge in [0.05, 0.1) is 11.2 Å². The molecule has 4 rings (SSSR count). The minimum Gasteiger partial charge on any atom is -0.381 e. The Kier molecular flexibility index (Phi) is 4.84. The fourth-order valence-electron chi connectivity index (χ4n) is 4.49. The van der Waals surface area contributed by atoms with E-state index < -0.39 is 0 Å². The van der Waals surface area contributed by atoms with Gasteiger partial charge in [-0.2, -0.15) is 0 Å². The van der Waals surface area contributed by atoms with Crippen molar-refractivity contribution in [1.82, 2.24) is 14.3 Å². The quantitative estimate of drug-likeness (QED) is 0.834. The third-order valence-corrected chi connectivity index (χ3v) is 6.12. The van der Waals surface area contributed by atoms with Gasteiger partial charge in [0, 0.05) is 64.1 Å². The number of nitrogens with zero attached hydrogens (tertiary/aromatic N) is 4. The Bertz CT molecular complexity index is 825. The summed E-state index contributed by atoms with van der Waals surface area (Å²) in [5.74, 6) is 1.41. The molecule has 2 fully saturated rings. The minimum atomic E-state index is -0.123. The van der Waals surface area contributed by atoms with Crippen molar-refractivity contribution in [2.75, 3.05) is 45.3 Å². The first-order valence-electron chi connectivity index (χ1n) is 10.00. The van der Waals surface area contributed by atoms with Crippen LogP contribution in [0.25, 0.3) is 5.52 Å². The lowest BCUT2D eigenvalue weighted by atomic mass is 9.78. The summed E-state index contributed by atoms with van der Waals surface area (Å²) in [5.41, 5.74) is 2.06. The van der Waals surface area contributed by atoms with Crippen molar-refractivity contribution in [3.63, 3.8) is 0 Å². The van der Waals surface area contributed by atoms with Crippen molar-refractivity contribution < 1.29 is 9.53 Å². The van der Waals surface area contributed by atoms with E-state index in [1.807, 2.05) is 14.1 Å². The number of likely N-dealkylation sites (tertiary alicyclic amines) is 1. The predicted octanol–water partition coefficient (Wildman–Crippen LogP) is 2.71. The van der Waals surface area contributed by atoms with Gasteiger partial charge in [-0.15, -0.1) is 0 Å². The fraction of sp³-hybridized carbons (Fsp3) is 0.619. The first-order valence-corrected chi connectivity index (χ1v) is 10.00. The Labute approximate surface area is 161 Å². The molecule has 6 nitrogen and oxygen atoms in total. The van der Waals surface area contributed by atoms with Crippen LogP contribution in [0.5, 0.6) is 0 Å². The van der Waals surface area contributed by atoms with Crippen LogP contribution in [0.15, 0.2) is 24.5 Å². The molecule has 0 radical (unpaired) electrons. The SMILES string of the molecule is CN(C)c1nc(C2(C)CCCN(C(=O)C3CCOCC3)C2)cn2cccc12. The Morgan fingerprint density at radius 1 is 1.33 bits per heavy atom. The molecule has 0 bridgehead atoms. The van der Waals surface area contributed by atoms with Crippen LogP contribution in [0.2, 0.25) is 0 Å². The number of hydrogen-bond acceptors (Lipinski definition) is 4. The van der Waals surface area contributed by atoms with Crippen molar-refractivity contribution in [2.45, 2.75) is 38.0 Å².